The SMILES string of the molecule is O=P(COc1ccccc1)(OCC(c1ccccc1)c1ccccc1)OCC(c1ccccc1)c1ccccc1. The van der Waals surface area contributed by atoms with Crippen molar-refractivity contribution in [2.24, 2.45) is 0 Å². The Hall–Kier alpha value is -3.95. The monoisotopic (exact) mass is 548 g/mol. The third-order valence-electron chi connectivity index (χ3n) is 6.82. The number of para-hydroxylation sites is 1. The van der Waals surface area contributed by atoms with E-state index in [0.29, 0.717) is 5.75 Å². The summed E-state index contributed by atoms with van der Waals surface area (Å²) in [4.78, 5) is 0. The Balaban J connectivity index is 1.40. The van der Waals surface area contributed by atoms with E-state index in [1.807, 2.05) is 103 Å². The summed E-state index contributed by atoms with van der Waals surface area (Å²) in [5.74, 6) is 0.380. The van der Waals surface area contributed by atoms with Crippen molar-refractivity contribution < 1.29 is 18.3 Å². The van der Waals surface area contributed by atoms with E-state index in [1.165, 1.54) is 0 Å². The fourth-order valence-corrected chi connectivity index (χ4v) is 5.95. The molecule has 0 saturated heterocycles. The lowest BCUT2D eigenvalue weighted by atomic mass is 9.92. The minimum Gasteiger partial charge on any atom is -0.481 e. The molecule has 0 bridgehead atoms. The van der Waals surface area contributed by atoms with E-state index in [9.17, 15) is 4.57 Å². The standard InChI is InChI=1S/C35H33O4P/c36-40(28-37-33-24-14-5-15-25-33,38-26-34(29-16-6-1-7-17-29)30-18-8-2-9-19-30)39-27-35(31-20-10-3-11-21-31)32-22-12-4-13-23-32/h1-25,34-35H,26-28H2. The lowest BCUT2D eigenvalue weighted by molar-refractivity contribution is 0.176. The molecular weight excluding hydrogens is 515 g/mol. The Morgan fingerprint density at radius 1 is 0.450 bits per heavy atom. The number of hydrogen-bond donors (Lipinski definition) is 0. The summed E-state index contributed by atoms with van der Waals surface area (Å²) in [5.41, 5.74) is 4.32. The smallest absolute Gasteiger partial charge is 0.367 e. The fraction of sp³-hybridized carbons (Fsp3) is 0.143. The van der Waals surface area contributed by atoms with Gasteiger partial charge in [-0.3, -0.25) is 4.57 Å². The molecule has 0 radical (unpaired) electrons. The van der Waals surface area contributed by atoms with Gasteiger partial charge in [0.25, 0.3) is 0 Å². The summed E-state index contributed by atoms with van der Waals surface area (Å²) >= 11 is 0. The summed E-state index contributed by atoms with van der Waals surface area (Å²) in [5, 5.41) is 0. The van der Waals surface area contributed by atoms with E-state index in [0.717, 1.165) is 22.3 Å². The minimum absolute atomic E-state index is 0.116. The molecule has 5 aromatic carbocycles. The van der Waals surface area contributed by atoms with Gasteiger partial charge < -0.3 is 13.8 Å². The van der Waals surface area contributed by atoms with Gasteiger partial charge in [0, 0.05) is 11.8 Å². The van der Waals surface area contributed by atoms with Crippen LogP contribution in [0.1, 0.15) is 34.1 Å². The summed E-state index contributed by atoms with van der Waals surface area (Å²) in [7, 11) is -3.70. The van der Waals surface area contributed by atoms with Crippen molar-refractivity contribution in [2.75, 3.05) is 19.6 Å². The average molecular weight is 549 g/mol. The van der Waals surface area contributed by atoms with Gasteiger partial charge in [0.1, 0.15) is 5.75 Å². The molecule has 5 heteroatoms. The zero-order valence-electron chi connectivity index (χ0n) is 22.3. The molecule has 4 nitrogen and oxygen atoms in total. The largest absolute Gasteiger partial charge is 0.481 e. The molecule has 0 N–H and O–H groups in total. The normalized spacial score (nSPS) is 11.6. The van der Waals surface area contributed by atoms with Crippen molar-refractivity contribution in [3.8, 4) is 5.75 Å². The first kappa shape index (κ1) is 27.6. The molecule has 0 atom stereocenters. The third-order valence-corrected chi connectivity index (χ3v) is 8.35. The van der Waals surface area contributed by atoms with Crippen LogP contribution in [0, 0.1) is 0 Å². The van der Waals surface area contributed by atoms with Gasteiger partial charge in [-0.15, -0.1) is 0 Å². The molecule has 5 rings (SSSR count). The van der Waals surface area contributed by atoms with Crippen molar-refractivity contribution >= 4 is 7.60 Å². The zero-order chi connectivity index (χ0) is 27.5. The predicted molar refractivity (Wildman–Crippen MR) is 161 cm³/mol. The van der Waals surface area contributed by atoms with Gasteiger partial charge >= 0.3 is 7.60 Å². The maximum atomic E-state index is 14.4. The van der Waals surface area contributed by atoms with E-state index in [2.05, 4.69) is 48.5 Å². The first-order chi connectivity index (χ1) is 19.7. The minimum atomic E-state index is -3.70. The predicted octanol–water partition coefficient (Wildman–Crippen LogP) is 8.91. The molecule has 0 spiro atoms. The van der Waals surface area contributed by atoms with E-state index in [4.69, 9.17) is 13.8 Å². The lowest BCUT2D eigenvalue weighted by Crippen LogP contribution is -2.15. The molecule has 0 aliphatic rings. The van der Waals surface area contributed by atoms with Crippen molar-refractivity contribution in [1.82, 2.24) is 0 Å². The maximum absolute atomic E-state index is 14.4. The Labute approximate surface area is 236 Å². The second-order valence-electron chi connectivity index (χ2n) is 9.54. The van der Waals surface area contributed by atoms with E-state index in [-0.39, 0.29) is 31.4 Å². The van der Waals surface area contributed by atoms with Gasteiger partial charge in [-0.25, -0.2) is 0 Å². The van der Waals surface area contributed by atoms with E-state index in [1.54, 1.807) is 0 Å². The van der Waals surface area contributed by atoms with Crippen LogP contribution in [-0.2, 0) is 13.6 Å². The Morgan fingerprint density at radius 3 is 1.07 bits per heavy atom. The van der Waals surface area contributed by atoms with Crippen LogP contribution in [0.5, 0.6) is 5.75 Å². The topological polar surface area (TPSA) is 44.8 Å². The van der Waals surface area contributed by atoms with Crippen LogP contribution < -0.4 is 4.74 Å². The second kappa shape index (κ2) is 13.9. The molecule has 40 heavy (non-hydrogen) atoms. The molecule has 0 heterocycles. The Bertz CT molecular complexity index is 1290. The van der Waals surface area contributed by atoms with Gasteiger partial charge in [-0.1, -0.05) is 140 Å². The molecule has 0 aliphatic carbocycles. The Morgan fingerprint density at radius 2 is 0.750 bits per heavy atom. The zero-order valence-corrected chi connectivity index (χ0v) is 23.2. The Kier molecular flexibility index (Phi) is 9.60. The molecular formula is C35H33O4P. The number of hydrogen-bond acceptors (Lipinski definition) is 4. The third kappa shape index (κ3) is 7.58. The van der Waals surface area contributed by atoms with Crippen molar-refractivity contribution in [3.05, 3.63) is 174 Å². The van der Waals surface area contributed by atoms with Gasteiger partial charge in [-0.05, 0) is 34.4 Å². The van der Waals surface area contributed by atoms with Crippen molar-refractivity contribution in [2.45, 2.75) is 11.8 Å². The first-order valence-corrected chi connectivity index (χ1v) is 15.2. The highest BCUT2D eigenvalue weighted by atomic mass is 31.2. The van der Waals surface area contributed by atoms with Crippen molar-refractivity contribution in [3.63, 3.8) is 0 Å². The molecule has 202 valence electrons. The lowest BCUT2D eigenvalue weighted by Gasteiger charge is -2.25. The van der Waals surface area contributed by atoms with Crippen LogP contribution in [0.4, 0.5) is 0 Å². The van der Waals surface area contributed by atoms with Crippen LogP contribution in [0.25, 0.3) is 0 Å². The average Bonchev–Trinajstić information content (AvgIpc) is 3.03. The summed E-state index contributed by atoms with van der Waals surface area (Å²) in [6.07, 6.45) is -0.191. The quantitative estimate of drug-likeness (QED) is 0.138. The summed E-state index contributed by atoms with van der Waals surface area (Å²) < 4.78 is 32.8. The van der Waals surface area contributed by atoms with Crippen molar-refractivity contribution in [1.29, 1.82) is 0 Å². The highest BCUT2D eigenvalue weighted by Crippen LogP contribution is 2.50. The van der Waals surface area contributed by atoms with E-state index < -0.39 is 7.60 Å². The fourth-order valence-electron chi connectivity index (χ4n) is 4.67. The number of rotatable bonds is 13. The van der Waals surface area contributed by atoms with Gasteiger partial charge in [-0.2, -0.15) is 0 Å². The molecule has 0 fully saturated rings. The van der Waals surface area contributed by atoms with Gasteiger partial charge in [0.05, 0.1) is 13.2 Å². The van der Waals surface area contributed by atoms with Crippen LogP contribution in [0.2, 0.25) is 0 Å². The second-order valence-corrected chi connectivity index (χ2v) is 11.5. The van der Waals surface area contributed by atoms with Crippen LogP contribution in [0.15, 0.2) is 152 Å². The van der Waals surface area contributed by atoms with Crippen LogP contribution in [0.3, 0.4) is 0 Å². The van der Waals surface area contributed by atoms with Gasteiger partial charge in [0.2, 0.25) is 0 Å². The van der Waals surface area contributed by atoms with E-state index >= 15 is 0 Å². The molecule has 0 amide bonds. The highest BCUT2D eigenvalue weighted by molar-refractivity contribution is 7.53. The molecule has 0 aliphatic heterocycles. The molecule has 0 unspecified atom stereocenters. The number of benzene rings is 5. The number of ether oxygens (including phenoxy) is 1. The summed E-state index contributed by atoms with van der Waals surface area (Å²) in [6, 6.07) is 49.8. The molecule has 0 aromatic heterocycles. The first-order valence-electron chi connectivity index (χ1n) is 13.5. The van der Waals surface area contributed by atoms with Crippen LogP contribution >= 0.6 is 7.60 Å². The highest BCUT2D eigenvalue weighted by Gasteiger charge is 2.31. The summed E-state index contributed by atoms with van der Waals surface area (Å²) in [6.45, 7) is 0.371. The van der Waals surface area contributed by atoms with Crippen LogP contribution in [-0.4, -0.2) is 19.6 Å². The maximum Gasteiger partial charge on any atom is 0.367 e. The molecule has 0 saturated carbocycles. The molecule has 5 aromatic rings. The van der Waals surface area contributed by atoms with Gasteiger partial charge in [0.15, 0.2) is 6.35 Å².